The first-order chi connectivity index (χ1) is 9.67. The van der Waals surface area contributed by atoms with Crippen molar-refractivity contribution in [2.24, 2.45) is 5.92 Å². The van der Waals surface area contributed by atoms with Crippen molar-refractivity contribution in [1.29, 1.82) is 0 Å². The fraction of sp³-hybridized carbons (Fsp3) is 0.500. The maximum Gasteiger partial charge on any atom is 0.344 e. The van der Waals surface area contributed by atoms with E-state index in [4.69, 9.17) is 13.7 Å². The average molecular weight is 316 g/mol. The highest BCUT2D eigenvalue weighted by Gasteiger charge is 2.49. The molecular weight excluding hydrogens is 296 g/mol. The summed E-state index contributed by atoms with van der Waals surface area (Å²) in [5.41, 5.74) is -1.34. The predicted molar refractivity (Wildman–Crippen MR) is 77.5 cm³/mol. The van der Waals surface area contributed by atoms with Crippen LogP contribution in [0.25, 0.3) is 0 Å². The molecule has 21 heavy (non-hydrogen) atoms. The van der Waals surface area contributed by atoms with Crippen LogP contribution in [-0.2, 0) is 29.4 Å². The van der Waals surface area contributed by atoms with E-state index in [1.807, 2.05) is 0 Å². The van der Waals surface area contributed by atoms with E-state index in [-0.39, 0.29) is 0 Å². The Morgan fingerprint density at radius 3 is 2.00 bits per heavy atom. The predicted octanol–water partition coefficient (Wildman–Crippen LogP) is 1.70. The van der Waals surface area contributed by atoms with E-state index in [0.29, 0.717) is 11.3 Å². The monoisotopic (exact) mass is 316 g/mol. The number of benzene rings is 1. The van der Waals surface area contributed by atoms with Crippen LogP contribution in [0.4, 0.5) is 0 Å². The van der Waals surface area contributed by atoms with Crippen LogP contribution in [0.3, 0.4) is 0 Å². The molecule has 1 atom stereocenters. The van der Waals surface area contributed by atoms with Gasteiger partial charge in [0.25, 0.3) is 10.1 Å². The molecule has 1 rings (SSSR count). The number of methoxy groups -OCH3 is 2. The van der Waals surface area contributed by atoms with Gasteiger partial charge in [0.1, 0.15) is 5.75 Å². The molecule has 6 nitrogen and oxygen atoms in total. The molecule has 1 aromatic rings. The second-order valence-electron chi connectivity index (χ2n) is 4.90. The van der Waals surface area contributed by atoms with Crippen LogP contribution in [0.2, 0.25) is 0 Å². The summed E-state index contributed by atoms with van der Waals surface area (Å²) in [6, 6.07) is 6.42. The molecule has 0 heterocycles. The first-order valence-electron chi connectivity index (χ1n) is 6.31. The molecule has 1 aromatic carbocycles. The molecule has 0 amide bonds. The summed E-state index contributed by atoms with van der Waals surface area (Å²) in [4.78, 5) is 12.3. The standard InChI is InChI=1S/C14H20O6S/c1-10(2)14(13(15)19-4,20-21(5,16)17)11-6-8-12(18-3)9-7-11/h6-10H,1-5H3. The minimum absolute atomic E-state index is 0.385. The Hall–Kier alpha value is -1.60. The van der Waals surface area contributed by atoms with Crippen LogP contribution in [-0.4, -0.2) is 34.9 Å². The lowest BCUT2D eigenvalue weighted by molar-refractivity contribution is -0.164. The van der Waals surface area contributed by atoms with Crippen LogP contribution in [0.15, 0.2) is 24.3 Å². The number of carbonyl (C=O) groups is 1. The van der Waals surface area contributed by atoms with Crippen LogP contribution in [0.5, 0.6) is 5.75 Å². The maximum atomic E-state index is 12.3. The third-order valence-corrected chi connectivity index (χ3v) is 3.67. The van der Waals surface area contributed by atoms with Crippen molar-refractivity contribution in [1.82, 2.24) is 0 Å². The van der Waals surface area contributed by atoms with Gasteiger partial charge in [0, 0.05) is 0 Å². The molecule has 0 aliphatic rings. The Balaban J connectivity index is 3.50. The van der Waals surface area contributed by atoms with Crippen molar-refractivity contribution >= 4 is 16.1 Å². The van der Waals surface area contributed by atoms with Gasteiger partial charge in [0.2, 0.25) is 5.60 Å². The minimum Gasteiger partial charge on any atom is -0.497 e. The van der Waals surface area contributed by atoms with Crippen molar-refractivity contribution in [3.63, 3.8) is 0 Å². The van der Waals surface area contributed by atoms with Crippen LogP contribution in [0.1, 0.15) is 19.4 Å². The normalized spacial score (nSPS) is 14.6. The van der Waals surface area contributed by atoms with Gasteiger partial charge in [-0.15, -0.1) is 0 Å². The molecule has 118 valence electrons. The van der Waals surface area contributed by atoms with Crippen molar-refractivity contribution in [2.45, 2.75) is 19.4 Å². The molecule has 0 fully saturated rings. The summed E-state index contributed by atoms with van der Waals surface area (Å²) in [7, 11) is -1.18. The van der Waals surface area contributed by atoms with Crippen molar-refractivity contribution in [3.8, 4) is 5.75 Å². The lowest BCUT2D eigenvalue weighted by atomic mass is 9.83. The van der Waals surface area contributed by atoms with Gasteiger partial charge >= 0.3 is 5.97 Å². The summed E-state index contributed by atoms with van der Waals surface area (Å²) < 4.78 is 38.2. The van der Waals surface area contributed by atoms with Gasteiger partial charge in [0.15, 0.2) is 0 Å². The van der Waals surface area contributed by atoms with Crippen LogP contribution in [0, 0.1) is 5.92 Å². The first kappa shape index (κ1) is 17.5. The highest BCUT2D eigenvalue weighted by molar-refractivity contribution is 7.86. The van der Waals surface area contributed by atoms with Crippen molar-refractivity contribution < 1.29 is 26.9 Å². The smallest absolute Gasteiger partial charge is 0.344 e. The highest BCUT2D eigenvalue weighted by Crippen LogP contribution is 2.37. The summed E-state index contributed by atoms with van der Waals surface area (Å²) in [6.07, 6.45) is 0.899. The number of rotatable bonds is 6. The Bertz CT molecular complexity index is 590. The summed E-state index contributed by atoms with van der Waals surface area (Å²) in [5.74, 6) is -0.651. The van der Waals surface area contributed by atoms with Crippen LogP contribution >= 0.6 is 0 Å². The molecule has 7 heteroatoms. The topological polar surface area (TPSA) is 78.9 Å². The van der Waals surface area contributed by atoms with Gasteiger partial charge in [-0.25, -0.2) is 8.98 Å². The third-order valence-electron chi connectivity index (χ3n) is 3.10. The average Bonchev–Trinajstić information content (AvgIpc) is 2.42. The number of hydrogen-bond donors (Lipinski definition) is 0. The van der Waals surface area contributed by atoms with Crippen molar-refractivity contribution in [2.75, 3.05) is 20.5 Å². The van der Waals surface area contributed by atoms with E-state index in [9.17, 15) is 13.2 Å². The van der Waals surface area contributed by atoms with E-state index in [0.717, 1.165) is 6.26 Å². The van der Waals surface area contributed by atoms with Gasteiger partial charge in [-0.3, -0.25) is 0 Å². The lowest BCUT2D eigenvalue weighted by Crippen LogP contribution is -2.45. The Morgan fingerprint density at radius 1 is 1.14 bits per heavy atom. The molecule has 0 aliphatic heterocycles. The molecular formula is C14H20O6S. The lowest BCUT2D eigenvalue weighted by Gasteiger charge is -2.33. The molecule has 0 saturated carbocycles. The van der Waals surface area contributed by atoms with Crippen LogP contribution < -0.4 is 4.74 Å². The number of ether oxygens (including phenoxy) is 2. The van der Waals surface area contributed by atoms with Gasteiger partial charge in [-0.2, -0.15) is 8.42 Å². The van der Waals surface area contributed by atoms with E-state index in [2.05, 4.69) is 0 Å². The molecule has 1 unspecified atom stereocenters. The second-order valence-corrected chi connectivity index (χ2v) is 6.47. The molecule has 0 aliphatic carbocycles. The Morgan fingerprint density at radius 2 is 1.67 bits per heavy atom. The Labute approximate surface area is 125 Å². The van der Waals surface area contributed by atoms with Crippen molar-refractivity contribution in [3.05, 3.63) is 29.8 Å². The van der Waals surface area contributed by atoms with E-state index >= 15 is 0 Å². The van der Waals surface area contributed by atoms with E-state index in [1.165, 1.54) is 14.2 Å². The van der Waals surface area contributed by atoms with Gasteiger partial charge < -0.3 is 9.47 Å². The number of esters is 1. The van der Waals surface area contributed by atoms with Gasteiger partial charge in [0.05, 0.1) is 20.5 Å². The quantitative estimate of drug-likeness (QED) is 0.587. The zero-order chi connectivity index (χ0) is 16.3. The summed E-state index contributed by atoms with van der Waals surface area (Å²) in [5, 5.41) is 0. The fourth-order valence-electron chi connectivity index (χ4n) is 2.09. The zero-order valence-electron chi connectivity index (χ0n) is 12.7. The fourth-order valence-corrected chi connectivity index (χ4v) is 2.93. The molecule has 0 spiro atoms. The SMILES string of the molecule is COC(=O)C(OS(C)(=O)=O)(c1ccc(OC)cc1)C(C)C. The second kappa shape index (κ2) is 6.44. The maximum absolute atomic E-state index is 12.3. The molecule has 0 saturated heterocycles. The highest BCUT2D eigenvalue weighted by atomic mass is 32.2. The Kier molecular flexibility index (Phi) is 5.36. The minimum atomic E-state index is -3.88. The summed E-state index contributed by atoms with van der Waals surface area (Å²) in [6.45, 7) is 3.37. The van der Waals surface area contributed by atoms with Gasteiger partial charge in [-0.1, -0.05) is 26.0 Å². The van der Waals surface area contributed by atoms with E-state index < -0.39 is 27.6 Å². The molecule has 0 bridgehead atoms. The number of carbonyl (C=O) groups excluding carboxylic acids is 1. The summed E-state index contributed by atoms with van der Waals surface area (Å²) >= 11 is 0. The van der Waals surface area contributed by atoms with Gasteiger partial charge in [-0.05, 0) is 23.6 Å². The largest absolute Gasteiger partial charge is 0.497 e. The third kappa shape index (κ3) is 3.74. The molecule has 0 N–H and O–H groups in total. The molecule has 0 aromatic heterocycles. The zero-order valence-corrected chi connectivity index (χ0v) is 13.6. The van der Waals surface area contributed by atoms with E-state index in [1.54, 1.807) is 38.1 Å². The number of hydrogen-bond acceptors (Lipinski definition) is 6. The molecule has 0 radical (unpaired) electrons. The first-order valence-corrected chi connectivity index (χ1v) is 8.12.